The Bertz CT molecular complexity index is 1080. The molecule has 0 saturated carbocycles. The second-order valence-electron chi connectivity index (χ2n) is 6.54. The van der Waals surface area contributed by atoms with Crippen LogP contribution in [0.4, 0.5) is 0 Å². The number of fused-ring (bicyclic) bond motifs is 5. The summed E-state index contributed by atoms with van der Waals surface area (Å²) in [4.78, 5) is 0. The molecule has 4 aromatic carbocycles. The molecule has 0 bridgehead atoms. The van der Waals surface area contributed by atoms with Crippen LogP contribution in [0.2, 0.25) is 0 Å². The average Bonchev–Trinajstić information content (AvgIpc) is 3.03. The molecule has 5 rings (SSSR count). The molecule has 1 aliphatic carbocycles. The zero-order valence-corrected chi connectivity index (χ0v) is 14.1. The lowest BCUT2D eigenvalue weighted by atomic mass is 9.87. The fraction of sp³-hybridized carbons (Fsp3) is 0.0833. The van der Waals surface area contributed by atoms with Gasteiger partial charge in [0.1, 0.15) is 5.75 Å². The first-order valence-corrected chi connectivity index (χ1v) is 8.62. The van der Waals surface area contributed by atoms with Crippen molar-refractivity contribution in [2.24, 2.45) is 0 Å². The molecule has 1 nitrogen and oxygen atoms in total. The number of benzene rings is 4. The van der Waals surface area contributed by atoms with E-state index in [0.717, 1.165) is 5.75 Å². The van der Waals surface area contributed by atoms with Crippen molar-refractivity contribution in [1.82, 2.24) is 0 Å². The van der Waals surface area contributed by atoms with E-state index < -0.39 is 0 Å². The van der Waals surface area contributed by atoms with Gasteiger partial charge in [-0.15, -0.1) is 0 Å². The van der Waals surface area contributed by atoms with Gasteiger partial charge in [-0.2, -0.15) is 0 Å². The van der Waals surface area contributed by atoms with Crippen molar-refractivity contribution in [2.45, 2.75) is 5.92 Å². The molecule has 0 fully saturated rings. The molecule has 25 heavy (non-hydrogen) atoms. The number of rotatable bonds is 2. The topological polar surface area (TPSA) is 9.23 Å². The summed E-state index contributed by atoms with van der Waals surface area (Å²) < 4.78 is 5.41. The fourth-order valence-corrected chi connectivity index (χ4v) is 4.15. The molecular formula is C24H18O. The molecule has 0 heterocycles. The molecule has 1 unspecified atom stereocenters. The quantitative estimate of drug-likeness (QED) is 0.387. The second kappa shape index (κ2) is 5.49. The first kappa shape index (κ1) is 14.3. The largest absolute Gasteiger partial charge is 0.497 e. The van der Waals surface area contributed by atoms with E-state index in [1.165, 1.54) is 38.6 Å². The standard InChI is InChI=1S/C24H18O/c1-25-18-12-14-19-17(15-18)11-13-22-20-9-5-6-10-21(20)23(24(19)22)16-7-3-2-4-8-16/h2-15,23H,1H3. The first-order valence-electron chi connectivity index (χ1n) is 8.62. The fourth-order valence-electron chi connectivity index (χ4n) is 4.15. The molecule has 0 aromatic heterocycles. The van der Waals surface area contributed by atoms with Crippen LogP contribution in [-0.4, -0.2) is 7.11 Å². The molecule has 0 aliphatic heterocycles. The summed E-state index contributed by atoms with van der Waals surface area (Å²) >= 11 is 0. The van der Waals surface area contributed by atoms with Crippen LogP contribution in [0.15, 0.2) is 84.9 Å². The lowest BCUT2D eigenvalue weighted by Gasteiger charge is -2.16. The Hall–Kier alpha value is -3.06. The Kier molecular flexibility index (Phi) is 3.14. The lowest BCUT2D eigenvalue weighted by Crippen LogP contribution is -1.99. The first-order chi connectivity index (χ1) is 12.4. The minimum atomic E-state index is 0.282. The van der Waals surface area contributed by atoms with E-state index >= 15 is 0 Å². The van der Waals surface area contributed by atoms with Gasteiger partial charge in [0.25, 0.3) is 0 Å². The Morgan fingerprint density at radius 3 is 2.36 bits per heavy atom. The Labute approximate surface area is 147 Å². The van der Waals surface area contributed by atoms with Crippen LogP contribution < -0.4 is 4.74 Å². The van der Waals surface area contributed by atoms with Crippen LogP contribution in [0.1, 0.15) is 22.6 Å². The van der Waals surface area contributed by atoms with Gasteiger partial charge in [-0.05, 0) is 50.7 Å². The van der Waals surface area contributed by atoms with Crippen molar-refractivity contribution in [3.05, 3.63) is 102 Å². The summed E-state index contributed by atoms with van der Waals surface area (Å²) in [5.41, 5.74) is 6.85. The van der Waals surface area contributed by atoms with E-state index in [4.69, 9.17) is 4.74 Å². The smallest absolute Gasteiger partial charge is 0.119 e. The average molecular weight is 322 g/mol. The molecule has 0 radical (unpaired) electrons. The van der Waals surface area contributed by atoms with Crippen LogP contribution >= 0.6 is 0 Å². The number of hydrogen-bond acceptors (Lipinski definition) is 1. The molecule has 4 aromatic rings. The predicted molar refractivity (Wildman–Crippen MR) is 103 cm³/mol. The summed E-state index contributed by atoms with van der Waals surface area (Å²) in [6.07, 6.45) is 0. The van der Waals surface area contributed by atoms with Crippen molar-refractivity contribution in [3.63, 3.8) is 0 Å². The van der Waals surface area contributed by atoms with Crippen LogP contribution in [0.3, 0.4) is 0 Å². The highest BCUT2D eigenvalue weighted by atomic mass is 16.5. The monoisotopic (exact) mass is 322 g/mol. The molecule has 0 amide bonds. The highest BCUT2D eigenvalue weighted by Gasteiger charge is 2.31. The zero-order valence-electron chi connectivity index (χ0n) is 14.1. The van der Waals surface area contributed by atoms with E-state index in [-0.39, 0.29) is 5.92 Å². The maximum Gasteiger partial charge on any atom is 0.119 e. The normalized spacial score (nSPS) is 15.0. The van der Waals surface area contributed by atoms with Gasteiger partial charge in [0.2, 0.25) is 0 Å². The molecule has 1 heteroatoms. The van der Waals surface area contributed by atoms with Gasteiger partial charge in [-0.3, -0.25) is 0 Å². The molecule has 120 valence electrons. The third-order valence-corrected chi connectivity index (χ3v) is 5.25. The van der Waals surface area contributed by atoms with Crippen molar-refractivity contribution in [1.29, 1.82) is 0 Å². The van der Waals surface area contributed by atoms with Crippen LogP contribution in [0, 0.1) is 0 Å². The van der Waals surface area contributed by atoms with E-state index in [2.05, 4.69) is 84.9 Å². The predicted octanol–water partition coefficient (Wildman–Crippen LogP) is 6.01. The van der Waals surface area contributed by atoms with Crippen molar-refractivity contribution in [3.8, 4) is 16.9 Å². The van der Waals surface area contributed by atoms with Gasteiger partial charge in [-0.25, -0.2) is 0 Å². The second-order valence-corrected chi connectivity index (χ2v) is 6.54. The van der Waals surface area contributed by atoms with Crippen LogP contribution in [0.25, 0.3) is 21.9 Å². The van der Waals surface area contributed by atoms with Crippen molar-refractivity contribution >= 4 is 10.8 Å². The summed E-state index contributed by atoms with van der Waals surface area (Å²) in [7, 11) is 1.72. The zero-order chi connectivity index (χ0) is 16.8. The van der Waals surface area contributed by atoms with Crippen LogP contribution in [-0.2, 0) is 0 Å². The Morgan fingerprint density at radius 2 is 1.52 bits per heavy atom. The minimum absolute atomic E-state index is 0.282. The van der Waals surface area contributed by atoms with Gasteiger partial charge in [0.15, 0.2) is 0 Å². The SMILES string of the molecule is COc1ccc2c3c(ccc2c1)-c1ccccc1C3c1ccccc1. The Morgan fingerprint density at radius 1 is 0.720 bits per heavy atom. The number of methoxy groups -OCH3 is 1. The van der Waals surface area contributed by atoms with Crippen molar-refractivity contribution in [2.75, 3.05) is 7.11 Å². The molecule has 0 spiro atoms. The Balaban J connectivity index is 1.86. The maximum atomic E-state index is 5.41. The van der Waals surface area contributed by atoms with Gasteiger partial charge in [-0.1, -0.05) is 72.8 Å². The maximum absolute atomic E-state index is 5.41. The summed E-state index contributed by atoms with van der Waals surface area (Å²) in [6.45, 7) is 0. The molecule has 0 N–H and O–H groups in total. The van der Waals surface area contributed by atoms with Gasteiger partial charge in [0, 0.05) is 5.92 Å². The third kappa shape index (κ3) is 2.09. The highest BCUT2D eigenvalue weighted by molar-refractivity contribution is 5.97. The highest BCUT2D eigenvalue weighted by Crippen LogP contribution is 2.50. The molecule has 0 saturated heterocycles. The van der Waals surface area contributed by atoms with E-state index in [1.54, 1.807) is 7.11 Å². The van der Waals surface area contributed by atoms with Crippen molar-refractivity contribution < 1.29 is 4.74 Å². The van der Waals surface area contributed by atoms with Gasteiger partial charge in [0.05, 0.1) is 7.11 Å². The summed E-state index contributed by atoms with van der Waals surface area (Å²) in [5, 5.41) is 2.54. The number of hydrogen-bond donors (Lipinski definition) is 0. The van der Waals surface area contributed by atoms with Gasteiger partial charge >= 0.3 is 0 Å². The van der Waals surface area contributed by atoms with Crippen LogP contribution in [0.5, 0.6) is 5.75 Å². The summed E-state index contributed by atoms with van der Waals surface area (Å²) in [5.74, 6) is 1.18. The van der Waals surface area contributed by atoms with E-state index in [0.29, 0.717) is 0 Å². The van der Waals surface area contributed by atoms with E-state index in [1.807, 2.05) is 0 Å². The minimum Gasteiger partial charge on any atom is -0.497 e. The molecular weight excluding hydrogens is 304 g/mol. The third-order valence-electron chi connectivity index (χ3n) is 5.25. The van der Waals surface area contributed by atoms with E-state index in [9.17, 15) is 0 Å². The lowest BCUT2D eigenvalue weighted by molar-refractivity contribution is 0.415. The van der Waals surface area contributed by atoms with Gasteiger partial charge < -0.3 is 4.74 Å². The molecule has 1 atom stereocenters. The molecule has 1 aliphatic rings. The number of ether oxygens (including phenoxy) is 1. The summed E-state index contributed by atoms with van der Waals surface area (Å²) in [6, 6.07) is 30.5.